The molecule has 1 aromatic heterocycles. The Hall–Kier alpha value is -1.30. The van der Waals surface area contributed by atoms with Gasteiger partial charge in [-0.15, -0.1) is 0 Å². The van der Waals surface area contributed by atoms with Gasteiger partial charge in [-0.3, -0.25) is 0 Å². The molecule has 0 bridgehead atoms. The third kappa shape index (κ3) is 5.35. The highest BCUT2D eigenvalue weighted by molar-refractivity contribution is 5.38. The van der Waals surface area contributed by atoms with Crippen LogP contribution in [0.15, 0.2) is 18.3 Å². The molecule has 0 aliphatic heterocycles. The van der Waals surface area contributed by atoms with Crippen LogP contribution < -0.4 is 5.32 Å². The van der Waals surface area contributed by atoms with Crippen molar-refractivity contribution in [3.63, 3.8) is 0 Å². The maximum absolute atomic E-state index is 12.4. The molecule has 102 valence electrons. The van der Waals surface area contributed by atoms with Crippen molar-refractivity contribution >= 4 is 5.82 Å². The number of nitrogens with one attached hydrogen (secondary N) is 1. The molecular weight excluding hydrogens is 243 g/mol. The van der Waals surface area contributed by atoms with Gasteiger partial charge in [-0.05, 0) is 45.6 Å². The fraction of sp³-hybridized carbons (Fsp3) is 0.583. The SMILES string of the molecule is CN(C)CCCCNc1cc(C(F)(F)F)ccn1. The van der Waals surface area contributed by atoms with Gasteiger partial charge in [-0.25, -0.2) is 4.98 Å². The Morgan fingerprint density at radius 2 is 2.00 bits per heavy atom. The molecule has 0 saturated carbocycles. The molecule has 1 rings (SSSR count). The molecular formula is C12H18F3N3. The molecule has 0 radical (unpaired) electrons. The van der Waals surface area contributed by atoms with Crippen molar-refractivity contribution in [1.82, 2.24) is 9.88 Å². The van der Waals surface area contributed by atoms with Crippen molar-refractivity contribution in [2.75, 3.05) is 32.5 Å². The van der Waals surface area contributed by atoms with Gasteiger partial charge < -0.3 is 10.2 Å². The molecule has 0 amide bonds. The van der Waals surface area contributed by atoms with Crippen LogP contribution in [0.5, 0.6) is 0 Å². The second kappa shape index (κ2) is 6.58. The zero-order chi connectivity index (χ0) is 13.6. The van der Waals surface area contributed by atoms with E-state index in [2.05, 4.69) is 15.2 Å². The van der Waals surface area contributed by atoms with E-state index in [0.29, 0.717) is 6.54 Å². The van der Waals surface area contributed by atoms with Gasteiger partial charge in [0.05, 0.1) is 5.56 Å². The molecule has 1 aromatic rings. The first kappa shape index (κ1) is 14.8. The maximum Gasteiger partial charge on any atom is 0.416 e. The highest BCUT2D eigenvalue weighted by Gasteiger charge is 2.30. The van der Waals surface area contributed by atoms with Crippen LogP contribution in [0.25, 0.3) is 0 Å². The summed E-state index contributed by atoms with van der Waals surface area (Å²) >= 11 is 0. The third-order valence-corrected chi connectivity index (χ3v) is 2.43. The first-order valence-electron chi connectivity index (χ1n) is 5.81. The minimum Gasteiger partial charge on any atom is -0.370 e. The molecule has 6 heteroatoms. The lowest BCUT2D eigenvalue weighted by molar-refractivity contribution is -0.137. The third-order valence-electron chi connectivity index (χ3n) is 2.43. The van der Waals surface area contributed by atoms with Crippen molar-refractivity contribution in [1.29, 1.82) is 0 Å². The Balaban J connectivity index is 2.39. The van der Waals surface area contributed by atoms with Gasteiger partial charge in [-0.2, -0.15) is 13.2 Å². The van der Waals surface area contributed by atoms with Crippen molar-refractivity contribution in [2.24, 2.45) is 0 Å². The molecule has 0 unspecified atom stereocenters. The average Bonchev–Trinajstić information content (AvgIpc) is 2.27. The smallest absolute Gasteiger partial charge is 0.370 e. The first-order valence-corrected chi connectivity index (χ1v) is 5.81. The number of alkyl halides is 3. The summed E-state index contributed by atoms with van der Waals surface area (Å²) in [6.07, 6.45) is -1.25. The van der Waals surface area contributed by atoms with E-state index in [9.17, 15) is 13.2 Å². The summed E-state index contributed by atoms with van der Waals surface area (Å²) in [5.74, 6) is 0.273. The Bertz CT molecular complexity index is 364. The summed E-state index contributed by atoms with van der Waals surface area (Å²) in [4.78, 5) is 5.94. The van der Waals surface area contributed by atoms with Gasteiger partial charge in [-0.1, -0.05) is 0 Å². The standard InChI is InChI=1S/C12H18F3N3/c1-18(2)8-4-3-6-16-11-9-10(5-7-17-11)12(13,14)15/h5,7,9H,3-4,6,8H2,1-2H3,(H,16,17). The van der Waals surface area contributed by atoms with Gasteiger partial charge in [0.1, 0.15) is 5.82 Å². The van der Waals surface area contributed by atoms with Crippen LogP contribution in [-0.4, -0.2) is 37.1 Å². The number of unbranched alkanes of at least 4 members (excludes halogenated alkanes) is 1. The topological polar surface area (TPSA) is 28.2 Å². The number of anilines is 1. The molecule has 18 heavy (non-hydrogen) atoms. The predicted molar refractivity (Wildman–Crippen MR) is 65.5 cm³/mol. The Labute approximate surface area is 105 Å². The number of hydrogen-bond donors (Lipinski definition) is 1. The Morgan fingerprint density at radius 1 is 1.28 bits per heavy atom. The molecule has 0 saturated heterocycles. The zero-order valence-electron chi connectivity index (χ0n) is 10.6. The molecule has 0 atom stereocenters. The fourth-order valence-electron chi connectivity index (χ4n) is 1.47. The average molecular weight is 261 g/mol. The highest BCUT2D eigenvalue weighted by atomic mass is 19.4. The van der Waals surface area contributed by atoms with Crippen LogP contribution in [0.4, 0.5) is 19.0 Å². The van der Waals surface area contributed by atoms with E-state index in [1.807, 2.05) is 14.1 Å². The summed E-state index contributed by atoms with van der Waals surface area (Å²) < 4.78 is 37.3. The molecule has 0 fully saturated rings. The number of halogens is 3. The molecule has 1 N–H and O–H groups in total. The highest BCUT2D eigenvalue weighted by Crippen LogP contribution is 2.29. The number of pyridine rings is 1. The van der Waals surface area contributed by atoms with Crippen LogP contribution in [0.1, 0.15) is 18.4 Å². The van der Waals surface area contributed by atoms with E-state index >= 15 is 0 Å². The molecule has 3 nitrogen and oxygen atoms in total. The van der Waals surface area contributed by atoms with Gasteiger partial charge in [0.15, 0.2) is 0 Å². The number of hydrogen-bond acceptors (Lipinski definition) is 3. The lowest BCUT2D eigenvalue weighted by atomic mass is 10.2. The van der Waals surface area contributed by atoms with Crippen molar-refractivity contribution in [3.8, 4) is 0 Å². The minimum absolute atomic E-state index is 0.273. The minimum atomic E-state index is -4.32. The predicted octanol–water partition coefficient (Wildman–Crippen LogP) is 2.85. The van der Waals surface area contributed by atoms with Gasteiger partial charge >= 0.3 is 6.18 Å². The van der Waals surface area contributed by atoms with Gasteiger partial charge in [0.2, 0.25) is 0 Å². The van der Waals surface area contributed by atoms with Crippen LogP contribution in [0.3, 0.4) is 0 Å². The summed E-state index contributed by atoms with van der Waals surface area (Å²) in [5.41, 5.74) is -0.673. The van der Waals surface area contributed by atoms with E-state index in [1.54, 1.807) is 0 Å². The van der Waals surface area contributed by atoms with Gasteiger partial charge in [0, 0.05) is 12.7 Å². The fourth-order valence-corrected chi connectivity index (χ4v) is 1.47. The lowest BCUT2D eigenvalue weighted by Crippen LogP contribution is -2.14. The Morgan fingerprint density at radius 3 is 2.61 bits per heavy atom. The zero-order valence-corrected chi connectivity index (χ0v) is 10.6. The molecule has 0 spiro atoms. The normalized spacial score (nSPS) is 11.9. The number of aromatic nitrogens is 1. The number of nitrogens with zero attached hydrogens (tertiary/aromatic N) is 2. The van der Waals surface area contributed by atoms with E-state index in [1.165, 1.54) is 6.20 Å². The maximum atomic E-state index is 12.4. The number of rotatable bonds is 6. The monoisotopic (exact) mass is 261 g/mol. The Kier molecular flexibility index (Phi) is 5.40. The molecule has 0 aliphatic carbocycles. The summed E-state index contributed by atoms with van der Waals surface area (Å²) in [5, 5.41) is 2.90. The van der Waals surface area contributed by atoms with Crippen molar-refractivity contribution < 1.29 is 13.2 Å². The quantitative estimate of drug-likeness (QED) is 0.798. The summed E-state index contributed by atoms with van der Waals surface area (Å²) in [6.45, 7) is 1.60. The van der Waals surface area contributed by atoms with Crippen LogP contribution >= 0.6 is 0 Å². The molecule has 1 heterocycles. The van der Waals surface area contributed by atoms with E-state index in [4.69, 9.17) is 0 Å². The van der Waals surface area contributed by atoms with Crippen molar-refractivity contribution in [2.45, 2.75) is 19.0 Å². The van der Waals surface area contributed by atoms with E-state index < -0.39 is 11.7 Å². The van der Waals surface area contributed by atoms with Crippen LogP contribution in [-0.2, 0) is 6.18 Å². The van der Waals surface area contributed by atoms with Crippen molar-refractivity contribution in [3.05, 3.63) is 23.9 Å². The van der Waals surface area contributed by atoms with Gasteiger partial charge in [0.25, 0.3) is 0 Å². The van der Waals surface area contributed by atoms with E-state index in [-0.39, 0.29) is 5.82 Å². The molecule has 0 aliphatic rings. The second-order valence-corrected chi connectivity index (χ2v) is 4.36. The van der Waals surface area contributed by atoms with E-state index in [0.717, 1.165) is 31.5 Å². The first-order chi connectivity index (χ1) is 8.39. The largest absolute Gasteiger partial charge is 0.416 e. The lowest BCUT2D eigenvalue weighted by Gasteiger charge is -2.11. The summed E-state index contributed by atoms with van der Waals surface area (Å²) in [6, 6.07) is 2.00. The molecule has 0 aromatic carbocycles. The second-order valence-electron chi connectivity index (χ2n) is 4.36. The van der Waals surface area contributed by atoms with Crippen LogP contribution in [0.2, 0.25) is 0 Å². The summed E-state index contributed by atoms with van der Waals surface area (Å²) in [7, 11) is 3.98. The van der Waals surface area contributed by atoms with Crippen LogP contribution in [0, 0.1) is 0 Å².